The number of anilines is 1. The van der Waals surface area contributed by atoms with Crippen LogP contribution in [0.1, 0.15) is 18.2 Å². The lowest BCUT2D eigenvalue weighted by atomic mass is 9.93. The summed E-state index contributed by atoms with van der Waals surface area (Å²) in [7, 11) is 0. The minimum atomic E-state index is 0.257. The number of nitrogens with zero attached hydrogens (tertiary/aromatic N) is 3. The highest BCUT2D eigenvalue weighted by atomic mass is 16.5. The number of fused-ring (bicyclic) bond motifs is 2. The first kappa shape index (κ1) is 7.32. The number of piperidine rings is 1. The second kappa shape index (κ2) is 2.45. The van der Waals surface area contributed by atoms with Gasteiger partial charge in [0.25, 0.3) is 5.95 Å². The lowest BCUT2D eigenvalue weighted by Crippen LogP contribution is -2.22. The third-order valence-corrected chi connectivity index (χ3v) is 3.11. The Morgan fingerprint density at radius 2 is 2.38 bits per heavy atom. The van der Waals surface area contributed by atoms with Crippen LogP contribution in [0.2, 0.25) is 0 Å². The van der Waals surface area contributed by atoms with Crippen molar-refractivity contribution in [1.82, 2.24) is 15.0 Å². The van der Waals surface area contributed by atoms with Crippen molar-refractivity contribution in [2.45, 2.75) is 12.3 Å². The molecule has 13 heavy (non-hydrogen) atoms. The van der Waals surface area contributed by atoms with Crippen molar-refractivity contribution in [3.63, 3.8) is 0 Å². The second-order valence-corrected chi connectivity index (χ2v) is 3.91. The Balaban J connectivity index is 1.87. The first-order chi connectivity index (χ1) is 6.33. The number of nitrogen functional groups attached to an aromatic ring is 1. The molecule has 0 amide bonds. The van der Waals surface area contributed by atoms with Gasteiger partial charge in [0, 0.05) is 13.1 Å². The van der Waals surface area contributed by atoms with Gasteiger partial charge in [0.05, 0.1) is 5.92 Å². The molecule has 0 spiro atoms. The molecule has 0 aliphatic carbocycles. The molecular weight excluding hydrogens is 168 g/mol. The molecule has 5 nitrogen and oxygen atoms in total. The Bertz CT molecular complexity index is 324. The molecule has 2 aliphatic heterocycles. The summed E-state index contributed by atoms with van der Waals surface area (Å²) >= 11 is 0. The largest absolute Gasteiger partial charge is 0.365 e. The fourth-order valence-corrected chi connectivity index (χ4v) is 2.46. The van der Waals surface area contributed by atoms with Gasteiger partial charge in [-0.1, -0.05) is 0 Å². The fraction of sp³-hybridized carbons (Fsp3) is 0.750. The van der Waals surface area contributed by atoms with Crippen LogP contribution in [0.15, 0.2) is 4.52 Å². The van der Waals surface area contributed by atoms with Crippen molar-refractivity contribution in [1.29, 1.82) is 0 Å². The van der Waals surface area contributed by atoms with Crippen LogP contribution in [-0.4, -0.2) is 34.7 Å². The van der Waals surface area contributed by atoms with E-state index in [2.05, 4.69) is 15.0 Å². The Hall–Kier alpha value is -1.10. The minimum Gasteiger partial charge on any atom is -0.365 e. The number of aromatic nitrogens is 2. The third-order valence-electron chi connectivity index (χ3n) is 3.11. The second-order valence-electron chi connectivity index (χ2n) is 3.91. The summed E-state index contributed by atoms with van der Waals surface area (Å²) in [6.45, 7) is 3.48. The van der Waals surface area contributed by atoms with Crippen molar-refractivity contribution in [3.05, 3.63) is 5.89 Å². The summed E-state index contributed by atoms with van der Waals surface area (Å²) < 4.78 is 5.09. The first-order valence-electron chi connectivity index (χ1n) is 4.64. The molecule has 2 fully saturated rings. The maximum atomic E-state index is 5.41. The van der Waals surface area contributed by atoms with Crippen molar-refractivity contribution in [2.75, 3.05) is 25.4 Å². The zero-order chi connectivity index (χ0) is 8.84. The average molecular weight is 180 g/mol. The van der Waals surface area contributed by atoms with Crippen LogP contribution in [0, 0.1) is 5.92 Å². The Morgan fingerprint density at radius 3 is 2.92 bits per heavy atom. The van der Waals surface area contributed by atoms with Gasteiger partial charge in [-0.2, -0.15) is 4.98 Å². The van der Waals surface area contributed by atoms with Crippen LogP contribution < -0.4 is 5.73 Å². The van der Waals surface area contributed by atoms with E-state index in [1.54, 1.807) is 0 Å². The van der Waals surface area contributed by atoms with Gasteiger partial charge < -0.3 is 15.2 Å². The summed E-state index contributed by atoms with van der Waals surface area (Å²) in [5, 5.41) is 3.62. The van der Waals surface area contributed by atoms with Gasteiger partial charge in [0.15, 0.2) is 0 Å². The molecular formula is C8H12N4O. The normalized spacial score (nSPS) is 37.1. The van der Waals surface area contributed by atoms with Crippen LogP contribution in [0.3, 0.4) is 0 Å². The number of hydrogen-bond donors (Lipinski definition) is 1. The van der Waals surface area contributed by atoms with Crippen LogP contribution in [-0.2, 0) is 0 Å². The van der Waals surface area contributed by atoms with E-state index in [0.717, 1.165) is 12.4 Å². The molecule has 0 saturated carbocycles. The standard InChI is InChI=1S/C8H12N4O/c9-8-10-7(13-11-8)6-4-12-2-1-5(6)3-12/h5-6H,1-4H2,(H2,9,11)/t5-,6+/m1/s1. The van der Waals surface area contributed by atoms with Gasteiger partial charge in [-0.15, -0.1) is 0 Å². The molecule has 3 heterocycles. The number of nitrogens with two attached hydrogens (primary N) is 1. The fourth-order valence-electron chi connectivity index (χ4n) is 2.46. The van der Waals surface area contributed by atoms with Gasteiger partial charge in [0.2, 0.25) is 5.89 Å². The molecule has 2 aliphatic rings. The molecule has 70 valence electrons. The van der Waals surface area contributed by atoms with Crippen molar-refractivity contribution in [2.24, 2.45) is 5.92 Å². The molecule has 1 aromatic heterocycles. The van der Waals surface area contributed by atoms with Gasteiger partial charge in [-0.25, -0.2) is 0 Å². The van der Waals surface area contributed by atoms with Gasteiger partial charge >= 0.3 is 0 Å². The van der Waals surface area contributed by atoms with E-state index >= 15 is 0 Å². The molecule has 3 rings (SSSR count). The highest BCUT2D eigenvalue weighted by Crippen LogP contribution is 2.38. The zero-order valence-corrected chi connectivity index (χ0v) is 7.31. The highest BCUT2D eigenvalue weighted by Gasteiger charge is 2.41. The lowest BCUT2D eigenvalue weighted by molar-refractivity contribution is 0.289. The third kappa shape index (κ3) is 1.03. The van der Waals surface area contributed by atoms with E-state index in [1.165, 1.54) is 19.5 Å². The molecule has 5 heteroatoms. The van der Waals surface area contributed by atoms with Crippen LogP contribution in [0.5, 0.6) is 0 Å². The average Bonchev–Trinajstić information content (AvgIpc) is 2.77. The van der Waals surface area contributed by atoms with Crippen molar-refractivity contribution < 1.29 is 4.52 Å². The van der Waals surface area contributed by atoms with Gasteiger partial charge in [-0.3, -0.25) is 0 Å². The van der Waals surface area contributed by atoms with E-state index in [-0.39, 0.29) is 5.95 Å². The summed E-state index contributed by atoms with van der Waals surface area (Å²) in [6.07, 6.45) is 1.26. The lowest BCUT2D eigenvalue weighted by Gasteiger charge is -2.17. The Kier molecular flexibility index (Phi) is 1.38. The summed E-state index contributed by atoms with van der Waals surface area (Å²) in [5.41, 5.74) is 5.41. The van der Waals surface area contributed by atoms with E-state index in [9.17, 15) is 0 Å². The summed E-state index contributed by atoms with van der Waals surface area (Å²) in [6, 6.07) is 0. The summed E-state index contributed by atoms with van der Waals surface area (Å²) in [5.74, 6) is 2.12. The highest BCUT2D eigenvalue weighted by molar-refractivity contribution is 5.15. The maximum Gasteiger partial charge on any atom is 0.260 e. The van der Waals surface area contributed by atoms with E-state index in [1.807, 2.05) is 0 Å². The van der Waals surface area contributed by atoms with Crippen LogP contribution in [0.4, 0.5) is 5.95 Å². The first-order valence-corrected chi connectivity index (χ1v) is 4.64. The topological polar surface area (TPSA) is 68.2 Å². The van der Waals surface area contributed by atoms with E-state index in [0.29, 0.717) is 11.8 Å². The molecule has 3 atom stereocenters. The minimum absolute atomic E-state index is 0.257. The van der Waals surface area contributed by atoms with Crippen molar-refractivity contribution in [3.8, 4) is 0 Å². The predicted molar refractivity (Wildman–Crippen MR) is 46.0 cm³/mol. The SMILES string of the molecule is Nc1noc([C@H]2CN3CC[C@@H]2C3)n1. The Morgan fingerprint density at radius 1 is 1.46 bits per heavy atom. The zero-order valence-electron chi connectivity index (χ0n) is 7.31. The molecule has 1 aromatic rings. The molecule has 0 aromatic carbocycles. The molecule has 2 N–H and O–H groups in total. The van der Waals surface area contributed by atoms with Crippen molar-refractivity contribution >= 4 is 5.95 Å². The predicted octanol–water partition coefficient (Wildman–Crippen LogP) is 0.0709. The summed E-state index contributed by atoms with van der Waals surface area (Å²) in [4.78, 5) is 6.52. The van der Waals surface area contributed by atoms with Crippen LogP contribution in [0.25, 0.3) is 0 Å². The monoisotopic (exact) mass is 180 g/mol. The molecule has 1 unspecified atom stereocenters. The molecule has 2 saturated heterocycles. The maximum absolute atomic E-state index is 5.41. The Labute approximate surface area is 75.9 Å². The number of rotatable bonds is 1. The molecule has 2 bridgehead atoms. The van der Waals surface area contributed by atoms with Gasteiger partial charge in [0.1, 0.15) is 0 Å². The quantitative estimate of drug-likeness (QED) is 0.662. The smallest absolute Gasteiger partial charge is 0.260 e. The molecule has 0 radical (unpaired) electrons. The van der Waals surface area contributed by atoms with E-state index in [4.69, 9.17) is 10.3 Å². The van der Waals surface area contributed by atoms with Crippen LogP contribution >= 0.6 is 0 Å². The van der Waals surface area contributed by atoms with Gasteiger partial charge in [-0.05, 0) is 24.0 Å². The van der Waals surface area contributed by atoms with E-state index < -0.39 is 0 Å². The number of hydrogen-bond acceptors (Lipinski definition) is 5.